The molecule has 1 saturated heterocycles. The molecule has 4 rings (SSSR count). The Morgan fingerprint density at radius 3 is 2.20 bits per heavy atom. The molecule has 3 aliphatic rings. The number of nitrogens with two attached hydrogens (primary N) is 1. The van der Waals surface area contributed by atoms with Crippen LogP contribution < -0.4 is 11.1 Å². The van der Waals surface area contributed by atoms with Crippen LogP contribution in [0.3, 0.4) is 0 Å². The van der Waals surface area contributed by atoms with Gasteiger partial charge in [0, 0.05) is 45.8 Å². The summed E-state index contributed by atoms with van der Waals surface area (Å²) < 4.78 is 0. The number of rotatable bonds is 14. The Bertz CT molecular complexity index is 1330. The van der Waals surface area contributed by atoms with Crippen LogP contribution >= 0.6 is 0 Å². The summed E-state index contributed by atoms with van der Waals surface area (Å²) in [6, 6.07) is 6.48. The lowest BCUT2D eigenvalue weighted by atomic mass is 9.84. The van der Waals surface area contributed by atoms with Gasteiger partial charge in [0.1, 0.15) is 6.04 Å². The molecule has 1 aromatic rings. The molecule has 246 valence electrons. The minimum absolute atomic E-state index is 0.000343. The molecule has 1 heterocycles. The summed E-state index contributed by atoms with van der Waals surface area (Å²) in [6.45, 7) is 10.3. The normalized spacial score (nSPS) is 23.7. The fourth-order valence-corrected chi connectivity index (χ4v) is 6.84. The van der Waals surface area contributed by atoms with Gasteiger partial charge < -0.3 is 20.9 Å². The third-order valence-electron chi connectivity index (χ3n) is 10.1. The molecule has 3 N–H and O–H groups in total. The van der Waals surface area contributed by atoms with Crippen molar-refractivity contribution in [1.29, 1.82) is 0 Å². The van der Waals surface area contributed by atoms with Gasteiger partial charge in [-0.2, -0.15) is 0 Å². The fraction of sp³-hybridized carbons (Fsp3) is 0.657. The number of likely N-dealkylation sites (N-methyl/N-ethyl adjacent to an activating group) is 1. The Labute approximate surface area is 266 Å². The maximum atomic E-state index is 13.9. The number of ketones is 3. The number of hydrogen-bond donors (Lipinski definition) is 2. The summed E-state index contributed by atoms with van der Waals surface area (Å²) in [5, 5.41) is 2.71. The Morgan fingerprint density at radius 2 is 1.64 bits per heavy atom. The van der Waals surface area contributed by atoms with Crippen molar-refractivity contribution in [2.45, 2.75) is 91.3 Å². The van der Waals surface area contributed by atoms with Gasteiger partial charge in [-0.15, -0.1) is 0 Å². The van der Waals surface area contributed by atoms with E-state index in [1.54, 1.807) is 43.3 Å². The number of nitrogens with zero attached hydrogens (tertiary/aromatic N) is 2. The van der Waals surface area contributed by atoms with E-state index < -0.39 is 46.9 Å². The fourth-order valence-electron chi connectivity index (χ4n) is 6.84. The zero-order valence-electron chi connectivity index (χ0n) is 27.8. The topological polar surface area (TPSA) is 147 Å². The maximum Gasteiger partial charge on any atom is 0.249 e. The van der Waals surface area contributed by atoms with E-state index in [0.29, 0.717) is 18.5 Å². The van der Waals surface area contributed by atoms with Crippen LogP contribution in [-0.2, 0) is 28.8 Å². The van der Waals surface area contributed by atoms with E-state index >= 15 is 0 Å². The van der Waals surface area contributed by atoms with Gasteiger partial charge in [0.15, 0.2) is 11.6 Å². The van der Waals surface area contributed by atoms with Crippen LogP contribution in [0.1, 0.15) is 84.7 Å². The SMILES string of the molecule is CN(C)C(=O)[C@@H](NC(=O)CCC(=O)C(=O)C(CC(=O)[C@@H]1[C@@H]2C(CN1C(=O)[C@@H](N)C(C)(C)C)C2(C)C)CC1CC1)c1ccccc1. The third-order valence-corrected chi connectivity index (χ3v) is 10.1. The van der Waals surface area contributed by atoms with Gasteiger partial charge in [-0.05, 0) is 40.6 Å². The predicted molar refractivity (Wildman–Crippen MR) is 169 cm³/mol. The van der Waals surface area contributed by atoms with Gasteiger partial charge in [0.2, 0.25) is 23.5 Å². The molecule has 2 saturated carbocycles. The molecule has 3 amide bonds. The van der Waals surface area contributed by atoms with E-state index in [1.807, 2.05) is 26.8 Å². The smallest absolute Gasteiger partial charge is 0.249 e. The van der Waals surface area contributed by atoms with E-state index in [9.17, 15) is 28.8 Å². The van der Waals surface area contributed by atoms with E-state index in [4.69, 9.17) is 5.73 Å². The van der Waals surface area contributed by atoms with Crippen molar-refractivity contribution in [2.75, 3.05) is 20.6 Å². The zero-order valence-corrected chi connectivity index (χ0v) is 27.8. The van der Waals surface area contributed by atoms with Gasteiger partial charge in [-0.3, -0.25) is 28.8 Å². The van der Waals surface area contributed by atoms with Crippen molar-refractivity contribution in [2.24, 2.45) is 40.2 Å². The van der Waals surface area contributed by atoms with Crippen molar-refractivity contribution in [3.8, 4) is 0 Å². The van der Waals surface area contributed by atoms with E-state index in [0.717, 1.165) is 12.8 Å². The van der Waals surface area contributed by atoms with Crippen molar-refractivity contribution in [1.82, 2.24) is 15.1 Å². The van der Waals surface area contributed by atoms with Gasteiger partial charge in [-0.25, -0.2) is 0 Å². The molecule has 0 radical (unpaired) electrons. The summed E-state index contributed by atoms with van der Waals surface area (Å²) in [5.74, 6) is -2.93. The van der Waals surface area contributed by atoms with Crippen LogP contribution in [0.4, 0.5) is 0 Å². The molecule has 2 unspecified atom stereocenters. The predicted octanol–water partition coefficient (Wildman–Crippen LogP) is 3.08. The van der Waals surface area contributed by atoms with Crippen molar-refractivity contribution >= 4 is 35.1 Å². The molecule has 1 aliphatic heterocycles. The highest BCUT2D eigenvalue weighted by molar-refractivity contribution is 6.38. The van der Waals surface area contributed by atoms with Gasteiger partial charge >= 0.3 is 0 Å². The Kier molecular flexibility index (Phi) is 10.1. The number of carbonyl (C=O) groups is 6. The summed E-state index contributed by atoms with van der Waals surface area (Å²) in [4.78, 5) is 82.7. The average Bonchev–Trinajstić information content (AvgIpc) is 3.84. The number of amides is 3. The van der Waals surface area contributed by atoms with Crippen molar-refractivity contribution in [3.05, 3.63) is 35.9 Å². The molecule has 0 bridgehead atoms. The second kappa shape index (κ2) is 13.1. The zero-order chi connectivity index (χ0) is 33.4. The van der Waals surface area contributed by atoms with Gasteiger partial charge in [0.05, 0.1) is 12.1 Å². The van der Waals surface area contributed by atoms with E-state index in [1.165, 1.54) is 4.90 Å². The molecule has 3 fully saturated rings. The first-order valence-electron chi connectivity index (χ1n) is 16.2. The lowest BCUT2D eigenvalue weighted by Crippen LogP contribution is -2.55. The molecule has 6 atom stereocenters. The minimum atomic E-state index is -0.918. The number of likely N-dealkylation sites (tertiary alicyclic amines) is 1. The average molecular weight is 623 g/mol. The molecule has 0 spiro atoms. The Hall–Kier alpha value is -3.40. The van der Waals surface area contributed by atoms with E-state index in [2.05, 4.69) is 19.2 Å². The van der Waals surface area contributed by atoms with Crippen LogP contribution in [0.2, 0.25) is 0 Å². The molecule has 1 aromatic carbocycles. The quantitative estimate of drug-likeness (QED) is 0.303. The lowest BCUT2D eigenvalue weighted by Gasteiger charge is -2.36. The first kappa shape index (κ1) is 34.5. The van der Waals surface area contributed by atoms with Crippen molar-refractivity contribution in [3.63, 3.8) is 0 Å². The molecule has 45 heavy (non-hydrogen) atoms. The molecular formula is C35H50N4O6. The number of carbonyl (C=O) groups excluding carboxylic acids is 6. The Morgan fingerprint density at radius 1 is 1.02 bits per heavy atom. The van der Waals surface area contributed by atoms with Crippen LogP contribution in [0, 0.1) is 34.5 Å². The summed E-state index contributed by atoms with van der Waals surface area (Å²) >= 11 is 0. The maximum absolute atomic E-state index is 13.9. The van der Waals surface area contributed by atoms with Crippen LogP contribution in [0.15, 0.2) is 30.3 Å². The van der Waals surface area contributed by atoms with Crippen LogP contribution in [-0.4, -0.2) is 77.6 Å². The third kappa shape index (κ3) is 7.71. The van der Waals surface area contributed by atoms with Crippen LogP contribution in [0.5, 0.6) is 0 Å². The standard InChI is InChI=1S/C35H50N4O6/c1-34(2,3)31(36)33(45)39-19-23-27(35(23,4)5)29(39)25(41)18-22(17-20-13-14-20)30(43)24(40)15-16-26(42)37-28(32(44)38(6)7)21-11-9-8-10-12-21/h8-12,20,22-23,27-29,31H,13-19,36H2,1-7H3,(H,37,42)/t22?,23?,27-,28-,29+,31+/m0/s1. The highest BCUT2D eigenvalue weighted by Gasteiger charge is 2.69. The largest absolute Gasteiger partial charge is 0.347 e. The molecule has 0 aromatic heterocycles. The Balaban J connectivity index is 1.42. The van der Waals surface area contributed by atoms with Crippen LogP contribution in [0.25, 0.3) is 0 Å². The molecule has 10 nitrogen and oxygen atoms in total. The first-order chi connectivity index (χ1) is 20.9. The molecular weight excluding hydrogens is 572 g/mol. The number of Topliss-reactive ketones (excluding diaryl/α,β-unsaturated/α-hetero) is 3. The first-order valence-corrected chi connectivity index (χ1v) is 16.2. The summed E-state index contributed by atoms with van der Waals surface area (Å²) in [6.07, 6.45) is 1.65. The van der Waals surface area contributed by atoms with E-state index in [-0.39, 0.29) is 60.0 Å². The number of benzene rings is 1. The number of piperidine rings is 1. The monoisotopic (exact) mass is 622 g/mol. The highest BCUT2D eigenvalue weighted by Crippen LogP contribution is 2.65. The van der Waals surface area contributed by atoms with Gasteiger partial charge in [-0.1, -0.05) is 77.8 Å². The lowest BCUT2D eigenvalue weighted by molar-refractivity contribution is -0.144. The molecule has 2 aliphatic carbocycles. The van der Waals surface area contributed by atoms with Crippen molar-refractivity contribution < 1.29 is 28.8 Å². The summed E-state index contributed by atoms with van der Waals surface area (Å²) in [5.41, 5.74) is 6.37. The minimum Gasteiger partial charge on any atom is -0.347 e. The van der Waals surface area contributed by atoms with Gasteiger partial charge in [0.25, 0.3) is 0 Å². The number of hydrogen-bond acceptors (Lipinski definition) is 7. The second-order valence-electron chi connectivity index (χ2n) is 15.2. The summed E-state index contributed by atoms with van der Waals surface area (Å²) in [7, 11) is 3.19. The number of nitrogens with one attached hydrogen (secondary N) is 1. The highest BCUT2D eigenvalue weighted by atomic mass is 16.2. The second-order valence-corrected chi connectivity index (χ2v) is 15.2. The molecule has 10 heteroatoms. The number of fused-ring (bicyclic) bond motifs is 1.